The van der Waals surface area contributed by atoms with Crippen LogP contribution < -0.4 is 10.1 Å². The van der Waals surface area contributed by atoms with Crippen LogP contribution in [0.25, 0.3) is 0 Å². The number of halogens is 3. The fourth-order valence-electron chi connectivity index (χ4n) is 3.57. The predicted octanol–water partition coefficient (Wildman–Crippen LogP) is 3.06. The van der Waals surface area contributed by atoms with E-state index in [1.165, 1.54) is 12.1 Å². The molecule has 1 atom stereocenters. The average molecular weight is 361 g/mol. The molecule has 1 N–H and O–H groups in total. The first kappa shape index (κ1) is 18.9. The summed E-state index contributed by atoms with van der Waals surface area (Å²) in [5.74, 6) is 0.476. The van der Waals surface area contributed by atoms with E-state index < -0.39 is 6.61 Å². The molecule has 2 aliphatic rings. The van der Waals surface area contributed by atoms with E-state index in [9.17, 15) is 13.6 Å². The van der Waals surface area contributed by atoms with E-state index in [0.717, 1.165) is 37.9 Å². The monoisotopic (exact) mass is 360 g/mol. The van der Waals surface area contributed by atoms with E-state index in [1.807, 2.05) is 0 Å². The lowest BCUT2D eigenvalue weighted by molar-refractivity contribution is -0.132. The minimum Gasteiger partial charge on any atom is -0.435 e. The Hall–Kier alpha value is -1.40. The Morgan fingerprint density at radius 2 is 1.96 bits per heavy atom. The molecule has 1 saturated heterocycles. The van der Waals surface area contributed by atoms with Crippen molar-refractivity contribution in [2.75, 3.05) is 20.1 Å². The van der Waals surface area contributed by atoms with E-state index in [2.05, 4.69) is 10.1 Å². The third-order valence-corrected chi connectivity index (χ3v) is 5.03. The lowest BCUT2D eigenvalue weighted by Gasteiger charge is -2.25. The Morgan fingerprint density at radius 3 is 2.54 bits per heavy atom. The van der Waals surface area contributed by atoms with Crippen molar-refractivity contribution in [3.63, 3.8) is 0 Å². The van der Waals surface area contributed by atoms with Gasteiger partial charge in [0.05, 0.1) is 0 Å². The van der Waals surface area contributed by atoms with Crippen LogP contribution in [0.4, 0.5) is 8.78 Å². The van der Waals surface area contributed by atoms with Crippen LogP contribution >= 0.6 is 12.4 Å². The third kappa shape index (κ3) is 4.16. The molecule has 1 unspecified atom stereocenters. The number of ether oxygens (including phenoxy) is 1. The first-order valence-electron chi connectivity index (χ1n) is 8.00. The Morgan fingerprint density at radius 1 is 1.33 bits per heavy atom. The van der Waals surface area contributed by atoms with E-state index in [0.29, 0.717) is 6.54 Å². The van der Waals surface area contributed by atoms with E-state index in [1.54, 1.807) is 24.1 Å². The van der Waals surface area contributed by atoms with Crippen molar-refractivity contribution < 1.29 is 18.3 Å². The van der Waals surface area contributed by atoms with Gasteiger partial charge in [-0.3, -0.25) is 4.79 Å². The number of hydrogen-bond donors (Lipinski definition) is 1. The van der Waals surface area contributed by atoms with Gasteiger partial charge in [0.1, 0.15) is 5.75 Å². The number of carbonyl (C=O) groups excluding carboxylic acids is 1. The molecule has 134 valence electrons. The fraction of sp³-hybridized carbons (Fsp3) is 0.588. The van der Waals surface area contributed by atoms with Crippen molar-refractivity contribution in [2.24, 2.45) is 11.3 Å². The number of benzene rings is 1. The van der Waals surface area contributed by atoms with Crippen LogP contribution in [0.15, 0.2) is 24.3 Å². The number of amides is 1. The second-order valence-corrected chi connectivity index (χ2v) is 6.59. The summed E-state index contributed by atoms with van der Waals surface area (Å²) < 4.78 is 28.6. The molecule has 1 aromatic carbocycles. The normalized spacial score (nSPS) is 21.2. The number of carbonyl (C=O) groups is 1. The van der Waals surface area contributed by atoms with Gasteiger partial charge >= 0.3 is 6.61 Å². The Labute approximate surface area is 147 Å². The number of nitrogens with one attached hydrogen (secondary N) is 1. The summed E-state index contributed by atoms with van der Waals surface area (Å²) in [6, 6.07) is 6.44. The molecule has 4 nitrogen and oxygen atoms in total. The standard InChI is InChI=1S/C17H22F2N2O2.ClH/c1-21(11-12-2-4-13(5-3-12)23-16(18)19)15(22)14-10-17(14)6-8-20-9-7-17;/h2-5,14,16,20H,6-11H2,1H3;1H. The van der Waals surface area contributed by atoms with Crippen molar-refractivity contribution >= 4 is 18.3 Å². The van der Waals surface area contributed by atoms with Crippen LogP contribution in [-0.2, 0) is 11.3 Å². The van der Waals surface area contributed by atoms with Gasteiger partial charge in [0.25, 0.3) is 0 Å². The van der Waals surface area contributed by atoms with Crippen molar-refractivity contribution in [1.29, 1.82) is 0 Å². The van der Waals surface area contributed by atoms with Gasteiger partial charge in [0.2, 0.25) is 5.91 Å². The van der Waals surface area contributed by atoms with Gasteiger partial charge in [-0.05, 0) is 55.5 Å². The summed E-state index contributed by atoms with van der Waals surface area (Å²) in [6.07, 6.45) is 3.16. The molecule has 1 heterocycles. The first-order valence-corrected chi connectivity index (χ1v) is 8.00. The molecule has 7 heteroatoms. The van der Waals surface area contributed by atoms with Crippen LogP contribution in [0.2, 0.25) is 0 Å². The highest BCUT2D eigenvalue weighted by molar-refractivity contribution is 5.85. The molecule has 0 bridgehead atoms. The topological polar surface area (TPSA) is 41.6 Å². The first-order chi connectivity index (χ1) is 11.0. The lowest BCUT2D eigenvalue weighted by atomic mass is 9.91. The molecular formula is C17H23ClF2N2O2. The van der Waals surface area contributed by atoms with E-state index in [-0.39, 0.29) is 35.4 Å². The van der Waals surface area contributed by atoms with Crippen LogP contribution in [-0.4, -0.2) is 37.6 Å². The number of alkyl halides is 2. The summed E-state index contributed by atoms with van der Waals surface area (Å²) in [5.41, 5.74) is 1.13. The van der Waals surface area contributed by atoms with Crippen molar-refractivity contribution in [3.8, 4) is 5.75 Å². The second kappa shape index (κ2) is 7.66. The van der Waals surface area contributed by atoms with Gasteiger partial charge in [0.15, 0.2) is 0 Å². The van der Waals surface area contributed by atoms with Gasteiger partial charge in [-0.25, -0.2) is 0 Å². The highest BCUT2D eigenvalue weighted by atomic mass is 35.5. The summed E-state index contributed by atoms with van der Waals surface area (Å²) >= 11 is 0. The molecule has 1 aliphatic carbocycles. The minimum absolute atomic E-state index is 0. The molecule has 2 fully saturated rings. The molecule has 1 aliphatic heterocycles. The zero-order valence-corrected chi connectivity index (χ0v) is 14.5. The second-order valence-electron chi connectivity index (χ2n) is 6.59. The van der Waals surface area contributed by atoms with Gasteiger partial charge in [-0.15, -0.1) is 12.4 Å². The number of nitrogens with zero attached hydrogens (tertiary/aromatic N) is 1. The van der Waals surface area contributed by atoms with Gasteiger partial charge in [-0.1, -0.05) is 12.1 Å². The fourth-order valence-corrected chi connectivity index (χ4v) is 3.57. The minimum atomic E-state index is -2.82. The maximum Gasteiger partial charge on any atom is 0.387 e. The largest absolute Gasteiger partial charge is 0.435 e. The van der Waals surface area contributed by atoms with E-state index in [4.69, 9.17) is 0 Å². The van der Waals surface area contributed by atoms with Crippen LogP contribution in [0.3, 0.4) is 0 Å². The third-order valence-electron chi connectivity index (χ3n) is 5.03. The highest BCUT2D eigenvalue weighted by Gasteiger charge is 2.58. The number of piperidine rings is 1. The highest BCUT2D eigenvalue weighted by Crippen LogP contribution is 2.59. The Balaban J connectivity index is 0.00000208. The molecule has 3 rings (SSSR count). The smallest absolute Gasteiger partial charge is 0.387 e. The zero-order chi connectivity index (χ0) is 16.4. The number of rotatable bonds is 5. The van der Waals surface area contributed by atoms with Gasteiger partial charge in [-0.2, -0.15) is 8.78 Å². The molecule has 0 radical (unpaired) electrons. The number of hydrogen-bond acceptors (Lipinski definition) is 3. The molecule has 1 saturated carbocycles. The quantitative estimate of drug-likeness (QED) is 0.877. The molecular weight excluding hydrogens is 338 g/mol. The Kier molecular flexibility index (Phi) is 6.04. The van der Waals surface area contributed by atoms with Crippen molar-refractivity contribution in [1.82, 2.24) is 10.2 Å². The lowest BCUT2D eigenvalue weighted by Crippen LogP contribution is -2.34. The predicted molar refractivity (Wildman–Crippen MR) is 89.4 cm³/mol. The maximum atomic E-state index is 12.6. The van der Waals surface area contributed by atoms with Crippen LogP contribution in [0.5, 0.6) is 5.75 Å². The van der Waals surface area contributed by atoms with E-state index >= 15 is 0 Å². The van der Waals surface area contributed by atoms with Crippen LogP contribution in [0, 0.1) is 11.3 Å². The van der Waals surface area contributed by atoms with Crippen molar-refractivity contribution in [2.45, 2.75) is 32.4 Å². The van der Waals surface area contributed by atoms with Gasteiger partial charge in [0, 0.05) is 19.5 Å². The molecule has 24 heavy (non-hydrogen) atoms. The summed E-state index contributed by atoms with van der Waals surface area (Å²) in [5, 5.41) is 3.34. The molecule has 1 aromatic rings. The molecule has 0 aromatic heterocycles. The zero-order valence-electron chi connectivity index (χ0n) is 13.6. The molecule has 1 spiro atoms. The summed E-state index contributed by atoms with van der Waals surface area (Å²) in [7, 11) is 1.80. The van der Waals surface area contributed by atoms with Gasteiger partial charge < -0.3 is 15.0 Å². The maximum absolute atomic E-state index is 12.6. The molecule has 1 amide bonds. The summed E-state index contributed by atoms with van der Waals surface area (Å²) in [6.45, 7) is -0.335. The average Bonchev–Trinajstić information content (AvgIpc) is 3.21. The Bertz CT molecular complexity index is 562. The van der Waals surface area contributed by atoms with Crippen LogP contribution in [0.1, 0.15) is 24.8 Å². The summed E-state index contributed by atoms with van der Waals surface area (Å²) in [4.78, 5) is 14.3. The van der Waals surface area contributed by atoms with Crippen molar-refractivity contribution in [3.05, 3.63) is 29.8 Å². The SMILES string of the molecule is CN(Cc1ccc(OC(F)F)cc1)C(=O)C1CC12CCNCC2.Cl.